The molecule has 3 heteroatoms. The van der Waals surface area contributed by atoms with Gasteiger partial charge in [0.15, 0.2) is 0 Å². The zero-order valence-electron chi connectivity index (χ0n) is 9.19. The van der Waals surface area contributed by atoms with Crippen LogP contribution in [-0.4, -0.2) is 9.78 Å². The Labute approximate surface area is 94.9 Å². The summed E-state index contributed by atoms with van der Waals surface area (Å²) in [5, 5.41) is 4.42. The van der Waals surface area contributed by atoms with Crippen molar-refractivity contribution in [2.75, 3.05) is 5.73 Å². The van der Waals surface area contributed by atoms with Crippen molar-refractivity contribution in [2.24, 2.45) is 0 Å². The van der Waals surface area contributed by atoms with Gasteiger partial charge < -0.3 is 5.73 Å². The molecule has 0 fully saturated rings. The second-order valence-corrected chi connectivity index (χ2v) is 4.31. The quantitative estimate of drug-likeness (QED) is 0.829. The van der Waals surface area contributed by atoms with Crippen LogP contribution in [0.3, 0.4) is 0 Å². The number of anilines is 1. The van der Waals surface area contributed by atoms with Crippen molar-refractivity contribution >= 4 is 5.82 Å². The molecule has 0 saturated carbocycles. The number of hydrogen-bond donors (Lipinski definition) is 1. The smallest absolute Gasteiger partial charge is 0.148 e. The molecule has 3 nitrogen and oxygen atoms in total. The first kappa shape index (κ1) is 9.46. The van der Waals surface area contributed by atoms with Gasteiger partial charge in [0.05, 0.1) is 6.54 Å². The van der Waals surface area contributed by atoms with Crippen molar-refractivity contribution in [2.45, 2.75) is 25.8 Å². The van der Waals surface area contributed by atoms with Gasteiger partial charge in [0, 0.05) is 11.3 Å². The molecule has 1 heterocycles. The van der Waals surface area contributed by atoms with Gasteiger partial charge in [-0.25, -0.2) is 0 Å². The van der Waals surface area contributed by atoms with Crippen molar-refractivity contribution in [3.63, 3.8) is 0 Å². The van der Waals surface area contributed by atoms with E-state index in [0.717, 1.165) is 25.2 Å². The summed E-state index contributed by atoms with van der Waals surface area (Å²) >= 11 is 0. The van der Waals surface area contributed by atoms with Gasteiger partial charge in [-0.05, 0) is 24.8 Å². The van der Waals surface area contributed by atoms with Crippen LogP contribution in [0.25, 0.3) is 0 Å². The number of nitrogen functional groups attached to an aromatic ring is 1. The van der Waals surface area contributed by atoms with Crippen molar-refractivity contribution < 1.29 is 0 Å². The number of fused-ring (bicyclic) bond motifs is 1. The van der Waals surface area contributed by atoms with E-state index in [9.17, 15) is 0 Å². The highest BCUT2D eigenvalue weighted by Gasteiger charge is 2.20. The largest absolute Gasteiger partial charge is 0.382 e. The molecule has 1 aromatic carbocycles. The first-order chi connectivity index (χ1) is 7.84. The lowest BCUT2D eigenvalue weighted by atomic mass is 10.2. The maximum Gasteiger partial charge on any atom is 0.148 e. The normalized spacial score (nSPS) is 14.0. The highest BCUT2D eigenvalue weighted by atomic mass is 15.3. The minimum absolute atomic E-state index is 0.725. The number of rotatable bonds is 2. The maximum absolute atomic E-state index is 5.91. The molecule has 16 heavy (non-hydrogen) atoms. The average molecular weight is 213 g/mol. The van der Waals surface area contributed by atoms with E-state index in [2.05, 4.69) is 34.0 Å². The fraction of sp³-hybridized carbons (Fsp3) is 0.308. The van der Waals surface area contributed by atoms with Gasteiger partial charge >= 0.3 is 0 Å². The van der Waals surface area contributed by atoms with E-state index in [4.69, 9.17) is 5.73 Å². The molecule has 82 valence electrons. The van der Waals surface area contributed by atoms with Crippen LogP contribution in [0.4, 0.5) is 5.82 Å². The van der Waals surface area contributed by atoms with E-state index in [-0.39, 0.29) is 0 Å². The van der Waals surface area contributed by atoms with E-state index in [1.54, 1.807) is 0 Å². The lowest BCUT2D eigenvalue weighted by Gasteiger charge is -2.05. The average Bonchev–Trinajstić information content (AvgIpc) is 2.87. The molecule has 0 unspecified atom stereocenters. The Hall–Kier alpha value is -1.77. The van der Waals surface area contributed by atoms with Crippen molar-refractivity contribution in [3.8, 4) is 0 Å². The minimum Gasteiger partial charge on any atom is -0.382 e. The summed E-state index contributed by atoms with van der Waals surface area (Å²) in [7, 11) is 0. The Morgan fingerprint density at radius 3 is 2.81 bits per heavy atom. The standard InChI is InChI=1S/C13H15N3/c14-13-11-7-4-8-12(11)16(15-13)9-10-5-2-1-3-6-10/h1-3,5-6H,4,7-9H2,(H2,14,15). The van der Waals surface area contributed by atoms with Crippen LogP contribution in [0.1, 0.15) is 23.2 Å². The SMILES string of the molecule is Nc1nn(Cc2ccccc2)c2c1CCC2. The topological polar surface area (TPSA) is 43.8 Å². The van der Waals surface area contributed by atoms with E-state index in [1.807, 2.05) is 6.07 Å². The molecule has 0 amide bonds. The Morgan fingerprint density at radius 1 is 1.19 bits per heavy atom. The number of benzene rings is 1. The van der Waals surface area contributed by atoms with Crippen LogP contribution < -0.4 is 5.73 Å². The van der Waals surface area contributed by atoms with Gasteiger partial charge in [0.1, 0.15) is 5.82 Å². The fourth-order valence-corrected chi connectivity index (χ4v) is 2.43. The highest BCUT2D eigenvalue weighted by Crippen LogP contribution is 2.27. The van der Waals surface area contributed by atoms with Gasteiger partial charge in [-0.3, -0.25) is 4.68 Å². The Bertz CT molecular complexity index is 499. The molecule has 2 aromatic rings. The van der Waals surface area contributed by atoms with Crippen molar-refractivity contribution in [1.82, 2.24) is 9.78 Å². The van der Waals surface area contributed by atoms with Crippen LogP contribution >= 0.6 is 0 Å². The summed E-state index contributed by atoms with van der Waals surface area (Å²) in [6, 6.07) is 10.4. The monoisotopic (exact) mass is 213 g/mol. The fourth-order valence-electron chi connectivity index (χ4n) is 2.43. The second kappa shape index (κ2) is 3.67. The van der Waals surface area contributed by atoms with Crippen LogP contribution in [-0.2, 0) is 19.4 Å². The summed E-state index contributed by atoms with van der Waals surface area (Å²) in [5.74, 6) is 0.725. The number of hydrogen-bond acceptors (Lipinski definition) is 2. The summed E-state index contributed by atoms with van der Waals surface area (Å²) in [4.78, 5) is 0. The molecular formula is C13H15N3. The van der Waals surface area contributed by atoms with Crippen molar-refractivity contribution in [1.29, 1.82) is 0 Å². The Kier molecular flexibility index (Phi) is 2.17. The Balaban J connectivity index is 1.94. The highest BCUT2D eigenvalue weighted by molar-refractivity contribution is 5.45. The molecule has 0 atom stereocenters. The molecule has 1 aromatic heterocycles. The summed E-state index contributed by atoms with van der Waals surface area (Å²) < 4.78 is 2.06. The summed E-state index contributed by atoms with van der Waals surface area (Å²) in [6.45, 7) is 0.834. The predicted octanol–water partition coefficient (Wildman–Crippen LogP) is 2.00. The van der Waals surface area contributed by atoms with Crippen LogP contribution in [0.15, 0.2) is 30.3 Å². The second-order valence-electron chi connectivity index (χ2n) is 4.31. The molecule has 0 spiro atoms. The first-order valence-corrected chi connectivity index (χ1v) is 5.72. The van der Waals surface area contributed by atoms with Gasteiger partial charge in [0.2, 0.25) is 0 Å². The summed E-state index contributed by atoms with van der Waals surface area (Å²) in [6.07, 6.45) is 3.43. The number of nitrogens with zero attached hydrogens (tertiary/aromatic N) is 2. The Morgan fingerprint density at radius 2 is 2.00 bits per heavy atom. The predicted molar refractivity (Wildman–Crippen MR) is 64.2 cm³/mol. The zero-order chi connectivity index (χ0) is 11.0. The minimum atomic E-state index is 0.725. The van der Waals surface area contributed by atoms with Crippen molar-refractivity contribution in [3.05, 3.63) is 47.2 Å². The van der Waals surface area contributed by atoms with E-state index in [1.165, 1.54) is 23.2 Å². The lowest BCUT2D eigenvalue weighted by molar-refractivity contribution is 0.647. The molecule has 2 N–H and O–H groups in total. The van der Waals surface area contributed by atoms with E-state index >= 15 is 0 Å². The zero-order valence-corrected chi connectivity index (χ0v) is 9.19. The molecule has 0 bridgehead atoms. The molecule has 0 saturated heterocycles. The molecule has 0 radical (unpaired) electrons. The van der Waals surface area contributed by atoms with Gasteiger partial charge in [-0.2, -0.15) is 5.10 Å². The van der Waals surface area contributed by atoms with Gasteiger partial charge in [-0.1, -0.05) is 30.3 Å². The van der Waals surface area contributed by atoms with Crippen LogP contribution in [0.5, 0.6) is 0 Å². The van der Waals surface area contributed by atoms with E-state index < -0.39 is 0 Å². The summed E-state index contributed by atoms with van der Waals surface area (Å²) in [5.41, 5.74) is 9.80. The number of aromatic nitrogens is 2. The molecule has 0 aliphatic heterocycles. The first-order valence-electron chi connectivity index (χ1n) is 5.72. The molecule has 1 aliphatic carbocycles. The van der Waals surface area contributed by atoms with Gasteiger partial charge in [0.25, 0.3) is 0 Å². The van der Waals surface area contributed by atoms with E-state index in [0.29, 0.717) is 0 Å². The maximum atomic E-state index is 5.91. The third kappa shape index (κ3) is 1.48. The number of nitrogens with two attached hydrogens (primary N) is 1. The molecule has 1 aliphatic rings. The third-order valence-corrected chi connectivity index (χ3v) is 3.21. The van der Waals surface area contributed by atoms with Gasteiger partial charge in [-0.15, -0.1) is 0 Å². The molecule has 3 rings (SSSR count). The molecular weight excluding hydrogens is 198 g/mol. The third-order valence-electron chi connectivity index (χ3n) is 3.21. The van der Waals surface area contributed by atoms with Crippen LogP contribution in [0, 0.1) is 0 Å². The van der Waals surface area contributed by atoms with Crippen LogP contribution in [0.2, 0.25) is 0 Å². The lowest BCUT2D eigenvalue weighted by Crippen LogP contribution is -2.05.